The Labute approximate surface area is 640 Å². The topological polar surface area (TPSA) is 308 Å². The standard InChI is InChI=1S/C82H124N8O18/c1-11-19-49-101-67-59-31-33-61(69(67)103-51-21-13-3)77(93)85-41-42-86-78(94)62-34-32-60(68(102-50-20-12-2)70(62)104-52-22-14-4)76(92)84-40-30-48-90(82(98)66-38-36-64(80(96)88-44-58-100-10)72(106-54-24-16-6)74(66)108-56-26-18-8)46-28-27-45-89(47-29-39-83-75(59)91)81(97)65-37-35-63(79(95)87-43-57-99-9)71(105-53-23-15-5)73(65)107-55-25-17-7/h31-38H,11-30,39-58H2,1-10H3,(H,83,91)(H,84,92)(H,85,93)(H,86,94)(H,87,95)(H,88,96). The van der Waals surface area contributed by atoms with E-state index in [0.29, 0.717) is 64.2 Å². The summed E-state index contributed by atoms with van der Waals surface area (Å²) in [5.41, 5.74) is 1.17. The van der Waals surface area contributed by atoms with Crippen LogP contribution in [0.25, 0.3) is 0 Å². The number of nitrogens with one attached hydrogen (secondary N) is 6. The Morgan fingerprint density at radius 2 is 0.546 bits per heavy atom. The second-order valence-electron chi connectivity index (χ2n) is 26.4. The average Bonchev–Trinajstić information content (AvgIpc) is 0.826. The summed E-state index contributed by atoms with van der Waals surface area (Å²) >= 11 is 0. The molecule has 0 saturated heterocycles. The van der Waals surface area contributed by atoms with Crippen LogP contribution in [0.3, 0.4) is 0 Å². The van der Waals surface area contributed by atoms with E-state index in [9.17, 15) is 28.8 Å². The predicted molar refractivity (Wildman–Crippen MR) is 417 cm³/mol. The Kier molecular flexibility index (Phi) is 43.2. The molecule has 108 heavy (non-hydrogen) atoms. The zero-order valence-corrected chi connectivity index (χ0v) is 66.1. The fraction of sp³-hybridized carbons (Fsp3) is 0.610. The lowest BCUT2D eigenvalue weighted by Gasteiger charge is -2.27. The number of nitrogens with zero attached hydrogens (tertiary/aromatic N) is 2. The van der Waals surface area contributed by atoms with E-state index >= 15 is 9.59 Å². The maximum atomic E-state index is 15.7. The zero-order chi connectivity index (χ0) is 78.3. The maximum Gasteiger partial charge on any atom is 0.257 e. The number of amides is 8. The van der Waals surface area contributed by atoms with Crippen LogP contribution in [-0.4, -0.2) is 203 Å². The Balaban J connectivity index is 1.72. The van der Waals surface area contributed by atoms with Gasteiger partial charge in [-0.15, -0.1) is 0 Å². The SMILES string of the molecule is CCCCOc1c2ccc(c1OCCCC)C(=O)NCCNC(=O)c1ccc(c(OCCCC)c1OCCCC)C(=O)NCCCN(C(=O)c1ccc(C(=O)NCCOC)c(OCCCC)c1OCCCC)CCCCN(C(=O)c1ccc(C(=O)NCCOC)c(OCCCC)c1OCCCC)CCCNC2=O. The largest absolute Gasteiger partial charge is 0.489 e. The van der Waals surface area contributed by atoms with Crippen molar-refractivity contribution in [3.63, 3.8) is 0 Å². The number of methoxy groups -OCH3 is 2. The molecule has 0 aliphatic carbocycles. The number of ether oxygens (including phenoxy) is 10. The van der Waals surface area contributed by atoms with Crippen LogP contribution >= 0.6 is 0 Å². The molecule has 3 heterocycles. The van der Waals surface area contributed by atoms with Gasteiger partial charge in [0.05, 0.1) is 111 Å². The van der Waals surface area contributed by atoms with Crippen molar-refractivity contribution in [3.8, 4) is 46.0 Å². The van der Waals surface area contributed by atoms with E-state index in [0.717, 1.165) is 51.4 Å². The summed E-state index contributed by atoms with van der Waals surface area (Å²) < 4.78 is 62.0. The van der Waals surface area contributed by atoms with Crippen LogP contribution in [0, 0.1) is 0 Å². The quantitative estimate of drug-likeness (QED) is 0.0225. The highest BCUT2D eigenvalue weighted by Gasteiger charge is 2.32. The van der Waals surface area contributed by atoms with E-state index in [1.54, 1.807) is 48.3 Å². The molecule has 6 N–H and O–H groups in total. The van der Waals surface area contributed by atoms with E-state index in [-0.39, 0.29) is 235 Å². The van der Waals surface area contributed by atoms with E-state index in [1.165, 1.54) is 24.3 Å². The normalized spacial score (nSPS) is 13.7. The van der Waals surface area contributed by atoms with Crippen molar-refractivity contribution in [2.75, 3.05) is 146 Å². The summed E-state index contributed by atoms with van der Waals surface area (Å²) in [5, 5.41) is 17.7. The minimum atomic E-state index is -0.536. The van der Waals surface area contributed by atoms with Crippen LogP contribution < -0.4 is 69.8 Å². The molecular formula is C82H124N8O18. The van der Waals surface area contributed by atoms with Gasteiger partial charge in [-0.1, -0.05) is 107 Å². The fourth-order valence-electron chi connectivity index (χ4n) is 11.3. The molecule has 0 aromatic heterocycles. The molecule has 8 amide bonds. The molecule has 0 fully saturated rings. The third-order valence-corrected chi connectivity index (χ3v) is 17.7. The van der Waals surface area contributed by atoms with Gasteiger partial charge in [0.1, 0.15) is 0 Å². The second-order valence-corrected chi connectivity index (χ2v) is 26.4. The van der Waals surface area contributed by atoms with Gasteiger partial charge < -0.3 is 89.1 Å². The fourth-order valence-corrected chi connectivity index (χ4v) is 11.3. The predicted octanol–water partition coefficient (Wildman–Crippen LogP) is 12.3. The van der Waals surface area contributed by atoms with Gasteiger partial charge in [-0.25, -0.2) is 0 Å². The minimum absolute atomic E-state index is 0.0237. The van der Waals surface area contributed by atoms with Crippen LogP contribution in [0.15, 0.2) is 48.5 Å². The molecule has 0 spiro atoms. The van der Waals surface area contributed by atoms with Gasteiger partial charge in [-0.2, -0.15) is 0 Å². The van der Waals surface area contributed by atoms with Gasteiger partial charge in [-0.3, -0.25) is 38.4 Å². The molecule has 4 aromatic carbocycles. The molecule has 0 saturated carbocycles. The number of hydrogen-bond donors (Lipinski definition) is 6. The zero-order valence-electron chi connectivity index (χ0n) is 66.1. The van der Waals surface area contributed by atoms with Crippen molar-refractivity contribution >= 4 is 47.3 Å². The highest BCUT2D eigenvalue weighted by atomic mass is 16.5. The first kappa shape index (κ1) is 89.6. The molecule has 600 valence electrons. The minimum Gasteiger partial charge on any atom is -0.489 e. The molecule has 0 atom stereocenters. The van der Waals surface area contributed by atoms with Crippen LogP contribution in [0.1, 0.15) is 267 Å². The Morgan fingerprint density at radius 3 is 0.806 bits per heavy atom. The molecule has 4 bridgehead atoms. The van der Waals surface area contributed by atoms with E-state index in [2.05, 4.69) is 31.9 Å². The Morgan fingerprint density at radius 1 is 0.315 bits per heavy atom. The summed E-state index contributed by atoms with van der Waals surface area (Å²) in [6, 6.07) is 12.4. The first-order valence-electron chi connectivity index (χ1n) is 39.6. The third kappa shape index (κ3) is 28.5. The summed E-state index contributed by atoms with van der Waals surface area (Å²) in [7, 11) is 3.08. The number of fused-ring (bicyclic) bond motifs is 2. The summed E-state index contributed by atoms with van der Waals surface area (Å²) in [4.78, 5) is 121. The number of hydrogen-bond acceptors (Lipinski definition) is 18. The highest BCUT2D eigenvalue weighted by Crippen LogP contribution is 2.41. The second kappa shape index (κ2) is 52.1. The molecule has 7 rings (SSSR count). The lowest BCUT2D eigenvalue weighted by Crippen LogP contribution is -2.37. The van der Waals surface area contributed by atoms with Gasteiger partial charge in [0.15, 0.2) is 46.0 Å². The number of unbranched alkanes of at least 4 members (excludes halogenated alkanes) is 8. The molecular weight excluding hydrogens is 1380 g/mol. The molecule has 26 nitrogen and oxygen atoms in total. The molecule has 3 aliphatic heterocycles. The summed E-state index contributed by atoms with van der Waals surface area (Å²) in [6.45, 7) is 19.4. The van der Waals surface area contributed by atoms with Crippen molar-refractivity contribution in [2.45, 2.75) is 184 Å². The van der Waals surface area contributed by atoms with Crippen LogP contribution in [0.5, 0.6) is 46.0 Å². The maximum absolute atomic E-state index is 15.7. The summed E-state index contributed by atoms with van der Waals surface area (Å²) in [6.07, 6.45) is 12.5. The number of carbonyl (C=O) groups is 8. The van der Waals surface area contributed by atoms with Crippen LogP contribution in [0.4, 0.5) is 0 Å². The monoisotopic (exact) mass is 1510 g/mol. The summed E-state index contributed by atoms with van der Waals surface area (Å²) in [5.74, 6) is -2.97. The molecule has 3 aliphatic rings. The van der Waals surface area contributed by atoms with E-state index in [4.69, 9.17) is 47.4 Å². The average molecular weight is 1510 g/mol. The molecule has 0 unspecified atom stereocenters. The number of rotatable bonds is 42. The van der Waals surface area contributed by atoms with Crippen LogP contribution in [0.2, 0.25) is 0 Å². The smallest absolute Gasteiger partial charge is 0.257 e. The first-order valence-corrected chi connectivity index (χ1v) is 39.6. The van der Waals surface area contributed by atoms with Crippen LogP contribution in [-0.2, 0) is 9.47 Å². The molecule has 4 aromatic rings. The number of carbonyl (C=O) groups excluding carboxylic acids is 8. The molecule has 26 heteroatoms. The van der Waals surface area contributed by atoms with E-state index in [1.807, 2.05) is 55.4 Å². The third-order valence-electron chi connectivity index (χ3n) is 17.7. The Hall–Kier alpha value is -9.04. The molecule has 0 radical (unpaired) electrons. The van der Waals surface area contributed by atoms with Gasteiger partial charge in [0, 0.05) is 79.7 Å². The van der Waals surface area contributed by atoms with Crippen molar-refractivity contribution in [1.29, 1.82) is 0 Å². The van der Waals surface area contributed by atoms with Crippen molar-refractivity contribution < 1.29 is 85.7 Å². The van der Waals surface area contributed by atoms with E-state index < -0.39 is 47.3 Å². The van der Waals surface area contributed by atoms with Crippen molar-refractivity contribution in [1.82, 2.24) is 41.7 Å². The van der Waals surface area contributed by atoms with Gasteiger partial charge in [0.2, 0.25) is 0 Å². The Bertz CT molecular complexity index is 3220. The number of benzene rings is 4. The lowest BCUT2D eigenvalue weighted by atomic mass is 10.0. The van der Waals surface area contributed by atoms with Gasteiger partial charge in [0.25, 0.3) is 47.3 Å². The van der Waals surface area contributed by atoms with Crippen molar-refractivity contribution in [3.05, 3.63) is 93.0 Å². The first-order chi connectivity index (χ1) is 52.6. The highest BCUT2D eigenvalue weighted by molar-refractivity contribution is 6.06. The van der Waals surface area contributed by atoms with Gasteiger partial charge in [-0.05, 0) is 126 Å². The van der Waals surface area contributed by atoms with Gasteiger partial charge >= 0.3 is 0 Å². The lowest BCUT2D eigenvalue weighted by molar-refractivity contribution is 0.0712. The van der Waals surface area contributed by atoms with Crippen molar-refractivity contribution in [2.24, 2.45) is 0 Å².